The zero-order valence-electron chi connectivity index (χ0n) is 11.6. The number of H-pyrrole nitrogens is 1. The van der Waals surface area contributed by atoms with Crippen LogP contribution >= 0.6 is 9.24 Å². The zero-order chi connectivity index (χ0) is 15.9. The smallest absolute Gasteiger partial charge is 0.198 e. The van der Waals surface area contributed by atoms with Crippen LogP contribution in [0.25, 0.3) is 11.0 Å². The molecule has 1 unspecified atom stereocenters. The number of aromatic amines is 1. The molecule has 110 valence electrons. The van der Waals surface area contributed by atoms with Crippen molar-refractivity contribution in [3.05, 3.63) is 58.0 Å². The molecule has 0 aliphatic heterocycles. The van der Waals surface area contributed by atoms with Crippen LogP contribution in [0, 0.1) is 17.6 Å². The second-order valence-corrected chi connectivity index (χ2v) is 5.46. The van der Waals surface area contributed by atoms with E-state index in [1.807, 2.05) is 6.92 Å². The molecule has 3 rings (SSSR count). The summed E-state index contributed by atoms with van der Waals surface area (Å²) in [4.78, 5) is 30.5. The van der Waals surface area contributed by atoms with Crippen LogP contribution in [0.3, 0.4) is 0 Å². The fourth-order valence-electron chi connectivity index (χ4n) is 2.32. The summed E-state index contributed by atoms with van der Waals surface area (Å²) in [6, 6.07) is 4.10. The standard InChI is InChI=1S/C15H11FN3O2P/c1-7-4-8-9(6-18-15(8)17-5-7)13(20)12-10(16)2-3-11(19-21)14(12)22/h2-6H,22H2,1H3,(H,17,18). The third kappa shape index (κ3) is 2.22. The van der Waals surface area contributed by atoms with E-state index in [9.17, 15) is 14.1 Å². The van der Waals surface area contributed by atoms with Gasteiger partial charge in [0.15, 0.2) is 5.78 Å². The lowest BCUT2D eigenvalue weighted by Crippen LogP contribution is -2.14. The molecule has 2 heterocycles. The summed E-state index contributed by atoms with van der Waals surface area (Å²) in [5, 5.41) is 3.56. The fraction of sp³-hybridized carbons (Fsp3) is 0.0667. The maximum atomic E-state index is 14.1. The number of benzene rings is 1. The quantitative estimate of drug-likeness (QED) is 0.458. The highest BCUT2D eigenvalue weighted by Crippen LogP contribution is 2.24. The van der Waals surface area contributed by atoms with Crippen molar-refractivity contribution < 1.29 is 9.18 Å². The molecule has 5 nitrogen and oxygen atoms in total. The highest BCUT2D eigenvalue weighted by Gasteiger charge is 2.22. The van der Waals surface area contributed by atoms with Gasteiger partial charge in [0.2, 0.25) is 0 Å². The number of carbonyl (C=O) groups excluding carboxylic acids is 1. The Morgan fingerprint density at radius 2 is 2.18 bits per heavy atom. The molecule has 1 atom stereocenters. The van der Waals surface area contributed by atoms with E-state index in [0.29, 0.717) is 16.6 Å². The minimum atomic E-state index is -0.697. The van der Waals surface area contributed by atoms with Gasteiger partial charge >= 0.3 is 0 Å². The predicted molar refractivity (Wildman–Crippen MR) is 85.5 cm³/mol. The molecule has 0 saturated carbocycles. The molecule has 22 heavy (non-hydrogen) atoms. The van der Waals surface area contributed by atoms with E-state index in [-0.39, 0.29) is 16.6 Å². The van der Waals surface area contributed by atoms with Crippen molar-refractivity contribution in [3.63, 3.8) is 0 Å². The number of aryl methyl sites for hydroxylation is 1. The molecule has 0 amide bonds. The largest absolute Gasteiger partial charge is 0.345 e. The van der Waals surface area contributed by atoms with Crippen molar-refractivity contribution in [2.75, 3.05) is 0 Å². The average molecular weight is 315 g/mol. The number of halogens is 1. The first-order valence-electron chi connectivity index (χ1n) is 6.42. The van der Waals surface area contributed by atoms with Gasteiger partial charge < -0.3 is 4.98 Å². The van der Waals surface area contributed by atoms with Crippen LogP contribution in [0.5, 0.6) is 0 Å². The van der Waals surface area contributed by atoms with Crippen molar-refractivity contribution in [3.8, 4) is 0 Å². The summed E-state index contributed by atoms with van der Waals surface area (Å²) in [5.74, 6) is -1.22. The van der Waals surface area contributed by atoms with Gasteiger partial charge in [-0.25, -0.2) is 9.37 Å². The van der Waals surface area contributed by atoms with Gasteiger partial charge in [-0.05, 0) is 35.9 Å². The number of nitroso groups, excluding NO2 is 1. The number of pyridine rings is 1. The number of nitrogens with one attached hydrogen (secondary N) is 1. The molecule has 0 aliphatic carbocycles. The topological polar surface area (TPSA) is 75.2 Å². The summed E-state index contributed by atoms with van der Waals surface area (Å²) >= 11 is 0. The van der Waals surface area contributed by atoms with Crippen LogP contribution in [0.1, 0.15) is 21.5 Å². The third-order valence-corrected chi connectivity index (χ3v) is 3.99. The summed E-state index contributed by atoms with van der Waals surface area (Å²) in [6.07, 6.45) is 3.16. The first-order valence-corrected chi connectivity index (χ1v) is 7.00. The fourth-order valence-corrected chi connectivity index (χ4v) is 2.74. The molecule has 0 spiro atoms. The molecular weight excluding hydrogens is 304 g/mol. The van der Waals surface area contributed by atoms with Gasteiger partial charge in [0, 0.05) is 28.6 Å². The minimum Gasteiger partial charge on any atom is -0.345 e. The molecule has 2 aromatic heterocycles. The highest BCUT2D eigenvalue weighted by atomic mass is 31.0. The molecule has 0 aliphatic rings. The summed E-state index contributed by atoms with van der Waals surface area (Å²) in [5.41, 5.74) is 1.57. The number of rotatable bonds is 3. The Kier molecular flexibility index (Phi) is 3.54. The van der Waals surface area contributed by atoms with Gasteiger partial charge in [-0.3, -0.25) is 4.79 Å². The van der Waals surface area contributed by atoms with Crippen LogP contribution in [-0.4, -0.2) is 15.8 Å². The number of hydrogen-bond donors (Lipinski definition) is 1. The van der Waals surface area contributed by atoms with Crippen molar-refractivity contribution >= 4 is 37.0 Å². The van der Waals surface area contributed by atoms with Crippen LogP contribution in [0.15, 0.2) is 35.8 Å². The molecule has 7 heteroatoms. The molecule has 3 aromatic rings. The first kappa shape index (κ1) is 14.5. The lowest BCUT2D eigenvalue weighted by molar-refractivity contribution is 0.103. The molecule has 1 N–H and O–H groups in total. The van der Waals surface area contributed by atoms with E-state index in [0.717, 1.165) is 11.6 Å². The Bertz CT molecular complexity index is 921. The number of fused-ring (bicyclic) bond motifs is 1. The van der Waals surface area contributed by atoms with Gasteiger partial charge in [-0.15, -0.1) is 14.1 Å². The first-order chi connectivity index (χ1) is 10.5. The lowest BCUT2D eigenvalue weighted by Gasteiger charge is -2.07. The Morgan fingerprint density at radius 1 is 1.41 bits per heavy atom. The normalized spacial score (nSPS) is 10.9. The maximum Gasteiger partial charge on any atom is 0.198 e. The van der Waals surface area contributed by atoms with Gasteiger partial charge in [-0.1, -0.05) is 0 Å². The Balaban J connectivity index is 2.22. The Morgan fingerprint density at radius 3 is 2.91 bits per heavy atom. The molecule has 1 aromatic carbocycles. The minimum absolute atomic E-state index is 0.0175. The molecule has 0 radical (unpaired) electrons. The molecule has 0 bridgehead atoms. The summed E-state index contributed by atoms with van der Waals surface area (Å²) in [7, 11) is 2.20. The number of carbonyl (C=O) groups is 1. The molecule has 0 fully saturated rings. The van der Waals surface area contributed by atoms with Crippen molar-refractivity contribution in [2.24, 2.45) is 5.18 Å². The average Bonchev–Trinajstić information content (AvgIpc) is 2.90. The van der Waals surface area contributed by atoms with E-state index >= 15 is 0 Å². The van der Waals surface area contributed by atoms with Gasteiger partial charge in [0.1, 0.15) is 17.2 Å². The van der Waals surface area contributed by atoms with Crippen LogP contribution in [0.4, 0.5) is 10.1 Å². The SMILES string of the molecule is Cc1cnc2[nH]cc(C(=O)c3c(F)ccc(N=O)c3P)c2c1. The summed E-state index contributed by atoms with van der Waals surface area (Å²) in [6.45, 7) is 1.85. The van der Waals surface area contributed by atoms with Crippen molar-refractivity contribution in [2.45, 2.75) is 6.92 Å². The zero-order valence-corrected chi connectivity index (χ0v) is 12.7. The van der Waals surface area contributed by atoms with Crippen LogP contribution < -0.4 is 5.30 Å². The van der Waals surface area contributed by atoms with Crippen LogP contribution in [-0.2, 0) is 0 Å². The Labute approximate surface area is 127 Å². The number of aromatic nitrogens is 2. The molecular formula is C15H11FN3O2P. The predicted octanol–water partition coefficient (Wildman–Crippen LogP) is 3.14. The van der Waals surface area contributed by atoms with E-state index in [2.05, 4.69) is 24.4 Å². The van der Waals surface area contributed by atoms with Crippen molar-refractivity contribution in [1.82, 2.24) is 9.97 Å². The van der Waals surface area contributed by atoms with Gasteiger partial charge in [0.25, 0.3) is 0 Å². The lowest BCUT2D eigenvalue weighted by atomic mass is 10.0. The second kappa shape index (κ2) is 5.39. The van der Waals surface area contributed by atoms with Gasteiger partial charge in [0.05, 0.1) is 5.56 Å². The van der Waals surface area contributed by atoms with Gasteiger partial charge in [-0.2, -0.15) is 0 Å². The van der Waals surface area contributed by atoms with E-state index in [1.165, 1.54) is 12.3 Å². The maximum absolute atomic E-state index is 14.1. The number of ketones is 1. The number of nitrogens with zero attached hydrogens (tertiary/aromatic N) is 2. The Hall–Kier alpha value is -2.46. The van der Waals surface area contributed by atoms with E-state index in [4.69, 9.17) is 0 Å². The van der Waals surface area contributed by atoms with Crippen LogP contribution in [0.2, 0.25) is 0 Å². The van der Waals surface area contributed by atoms with E-state index in [1.54, 1.807) is 12.3 Å². The third-order valence-electron chi connectivity index (χ3n) is 3.41. The number of hydrogen-bond acceptors (Lipinski definition) is 4. The van der Waals surface area contributed by atoms with Crippen molar-refractivity contribution in [1.29, 1.82) is 0 Å². The summed E-state index contributed by atoms with van der Waals surface area (Å²) < 4.78 is 14.1. The second-order valence-electron chi connectivity index (χ2n) is 4.89. The highest BCUT2D eigenvalue weighted by molar-refractivity contribution is 7.28. The monoisotopic (exact) mass is 315 g/mol. The molecule has 0 saturated heterocycles. The van der Waals surface area contributed by atoms with E-state index < -0.39 is 11.6 Å².